The first-order valence-electron chi connectivity index (χ1n) is 7.61. The number of alkyl halides is 1. The number of hydrogen-bond donors (Lipinski definition) is 0. The average molecular weight is 294 g/mol. The Balaban J connectivity index is 2.02. The number of nitrogens with zero attached hydrogens (tertiary/aromatic N) is 1. The Labute approximate surface area is 127 Å². The summed E-state index contributed by atoms with van der Waals surface area (Å²) in [4.78, 5) is 14.6. The van der Waals surface area contributed by atoms with Gasteiger partial charge < -0.3 is 4.90 Å². The first-order valence-corrected chi connectivity index (χ1v) is 8.15. The molecule has 1 aliphatic rings. The van der Waals surface area contributed by atoms with Gasteiger partial charge in [0.15, 0.2) is 0 Å². The first kappa shape index (κ1) is 15.4. The molecule has 1 aliphatic carbocycles. The zero-order valence-electron chi connectivity index (χ0n) is 12.3. The Morgan fingerprint density at radius 3 is 2.70 bits per heavy atom. The molecule has 0 aliphatic heterocycles. The summed E-state index contributed by atoms with van der Waals surface area (Å²) in [6.45, 7) is 2.74. The van der Waals surface area contributed by atoms with Gasteiger partial charge in [-0.2, -0.15) is 0 Å². The van der Waals surface area contributed by atoms with E-state index in [0.29, 0.717) is 24.9 Å². The fraction of sp³-hybridized carbons (Fsp3) is 0.588. The molecule has 1 fully saturated rings. The standard InChI is InChI=1S/C17H24ClNO/c1-14-6-5-7-15(12-14)13-17(20)19(11-10-18)16-8-3-2-4-9-16/h5-7,12,16H,2-4,8-11,13H2,1H3. The van der Waals surface area contributed by atoms with E-state index in [-0.39, 0.29) is 5.91 Å². The Kier molecular flexibility index (Phi) is 5.90. The van der Waals surface area contributed by atoms with Crippen LogP contribution in [-0.4, -0.2) is 29.3 Å². The molecule has 0 saturated heterocycles. The number of amides is 1. The Hall–Kier alpha value is -1.02. The van der Waals surface area contributed by atoms with E-state index < -0.39 is 0 Å². The molecule has 0 radical (unpaired) electrons. The predicted molar refractivity (Wildman–Crippen MR) is 84.2 cm³/mol. The van der Waals surface area contributed by atoms with Crippen molar-refractivity contribution in [1.82, 2.24) is 4.90 Å². The molecule has 110 valence electrons. The van der Waals surface area contributed by atoms with Crippen molar-refractivity contribution in [2.75, 3.05) is 12.4 Å². The van der Waals surface area contributed by atoms with Crippen molar-refractivity contribution in [3.63, 3.8) is 0 Å². The summed E-state index contributed by atoms with van der Waals surface area (Å²) in [5.74, 6) is 0.749. The highest BCUT2D eigenvalue weighted by Crippen LogP contribution is 2.23. The molecule has 1 aromatic rings. The van der Waals surface area contributed by atoms with Crippen LogP contribution >= 0.6 is 11.6 Å². The van der Waals surface area contributed by atoms with Crippen molar-refractivity contribution in [3.05, 3.63) is 35.4 Å². The van der Waals surface area contributed by atoms with Crippen LogP contribution in [0.2, 0.25) is 0 Å². The molecule has 0 heterocycles. The third kappa shape index (κ3) is 4.24. The number of hydrogen-bond acceptors (Lipinski definition) is 1. The molecular formula is C17H24ClNO. The second kappa shape index (κ2) is 7.68. The van der Waals surface area contributed by atoms with Crippen LogP contribution in [-0.2, 0) is 11.2 Å². The van der Waals surface area contributed by atoms with Crippen molar-refractivity contribution < 1.29 is 4.79 Å². The maximum Gasteiger partial charge on any atom is 0.227 e. The second-order valence-electron chi connectivity index (χ2n) is 5.73. The largest absolute Gasteiger partial charge is 0.338 e. The predicted octanol–water partition coefficient (Wildman–Crippen LogP) is 3.94. The smallest absolute Gasteiger partial charge is 0.227 e. The highest BCUT2D eigenvalue weighted by atomic mass is 35.5. The van der Waals surface area contributed by atoms with Crippen molar-refractivity contribution >= 4 is 17.5 Å². The van der Waals surface area contributed by atoms with E-state index in [2.05, 4.69) is 19.1 Å². The average Bonchev–Trinajstić information content (AvgIpc) is 2.45. The van der Waals surface area contributed by atoms with Crippen LogP contribution in [0.25, 0.3) is 0 Å². The zero-order valence-corrected chi connectivity index (χ0v) is 13.0. The number of aryl methyl sites for hydroxylation is 1. The molecule has 0 spiro atoms. The lowest BCUT2D eigenvalue weighted by molar-refractivity contribution is -0.133. The first-order chi connectivity index (χ1) is 9.70. The van der Waals surface area contributed by atoms with Crippen molar-refractivity contribution in [2.24, 2.45) is 0 Å². The molecule has 1 saturated carbocycles. The van der Waals surface area contributed by atoms with Crippen LogP contribution in [0.5, 0.6) is 0 Å². The molecule has 0 bridgehead atoms. The molecule has 0 atom stereocenters. The molecule has 2 nitrogen and oxygen atoms in total. The van der Waals surface area contributed by atoms with E-state index in [9.17, 15) is 4.79 Å². The van der Waals surface area contributed by atoms with E-state index >= 15 is 0 Å². The van der Waals surface area contributed by atoms with Crippen LogP contribution in [0.3, 0.4) is 0 Å². The van der Waals surface area contributed by atoms with E-state index in [1.54, 1.807) is 0 Å². The number of carbonyl (C=O) groups is 1. The van der Waals surface area contributed by atoms with Gasteiger partial charge in [-0.15, -0.1) is 11.6 Å². The highest BCUT2D eigenvalue weighted by Gasteiger charge is 2.24. The van der Waals surface area contributed by atoms with Gasteiger partial charge in [-0.3, -0.25) is 4.79 Å². The Bertz CT molecular complexity index is 440. The zero-order chi connectivity index (χ0) is 14.4. The molecule has 1 amide bonds. The maximum atomic E-state index is 12.6. The van der Waals surface area contributed by atoms with E-state index in [4.69, 9.17) is 11.6 Å². The van der Waals surface area contributed by atoms with Gasteiger partial charge in [0.1, 0.15) is 0 Å². The molecule has 0 N–H and O–H groups in total. The van der Waals surface area contributed by atoms with E-state index in [1.165, 1.54) is 24.8 Å². The molecule has 2 rings (SSSR count). The fourth-order valence-corrected chi connectivity index (χ4v) is 3.28. The van der Waals surface area contributed by atoms with Crippen molar-refractivity contribution in [1.29, 1.82) is 0 Å². The quantitative estimate of drug-likeness (QED) is 0.753. The summed E-state index contributed by atoms with van der Waals surface area (Å²) >= 11 is 5.89. The molecule has 20 heavy (non-hydrogen) atoms. The van der Waals surface area contributed by atoms with Crippen molar-refractivity contribution in [2.45, 2.75) is 51.5 Å². The Morgan fingerprint density at radius 2 is 2.05 bits per heavy atom. The lowest BCUT2D eigenvalue weighted by atomic mass is 9.93. The molecule has 0 unspecified atom stereocenters. The van der Waals surface area contributed by atoms with Gasteiger partial charge >= 0.3 is 0 Å². The summed E-state index contributed by atoms with van der Waals surface area (Å²) < 4.78 is 0. The van der Waals surface area contributed by atoms with Gasteiger partial charge in [0.05, 0.1) is 6.42 Å². The summed E-state index contributed by atoms with van der Waals surface area (Å²) in [7, 11) is 0. The third-order valence-corrected chi connectivity index (χ3v) is 4.27. The summed E-state index contributed by atoms with van der Waals surface area (Å²) in [5.41, 5.74) is 2.31. The minimum absolute atomic E-state index is 0.225. The minimum Gasteiger partial charge on any atom is -0.338 e. The van der Waals surface area contributed by atoms with Gasteiger partial charge in [-0.05, 0) is 25.3 Å². The van der Waals surface area contributed by atoms with E-state index in [1.807, 2.05) is 17.0 Å². The lowest BCUT2D eigenvalue weighted by Gasteiger charge is -2.34. The molecule has 0 aromatic heterocycles. The minimum atomic E-state index is 0.225. The normalized spacial score (nSPS) is 16.1. The molecule has 1 aromatic carbocycles. The molecule has 3 heteroatoms. The number of halogens is 1. The lowest BCUT2D eigenvalue weighted by Crippen LogP contribution is -2.43. The van der Waals surface area contributed by atoms with Crippen LogP contribution in [0.1, 0.15) is 43.2 Å². The van der Waals surface area contributed by atoms with Gasteiger partial charge in [-0.1, -0.05) is 49.1 Å². The van der Waals surface area contributed by atoms with Crippen LogP contribution < -0.4 is 0 Å². The number of benzene rings is 1. The summed E-state index contributed by atoms with van der Waals surface area (Å²) in [6, 6.07) is 8.61. The SMILES string of the molecule is Cc1cccc(CC(=O)N(CCCl)C2CCCCC2)c1. The summed E-state index contributed by atoms with van der Waals surface area (Å²) in [5, 5.41) is 0. The van der Waals surface area contributed by atoms with Crippen LogP contribution in [0.4, 0.5) is 0 Å². The molecular weight excluding hydrogens is 270 g/mol. The maximum absolute atomic E-state index is 12.6. The van der Waals surface area contributed by atoms with Gasteiger partial charge in [0.2, 0.25) is 5.91 Å². The number of rotatable bonds is 5. The second-order valence-corrected chi connectivity index (χ2v) is 6.11. The monoisotopic (exact) mass is 293 g/mol. The number of carbonyl (C=O) groups excluding carboxylic acids is 1. The highest BCUT2D eigenvalue weighted by molar-refractivity contribution is 6.18. The van der Waals surface area contributed by atoms with Crippen molar-refractivity contribution in [3.8, 4) is 0 Å². The van der Waals surface area contributed by atoms with Crippen LogP contribution in [0, 0.1) is 6.92 Å². The van der Waals surface area contributed by atoms with Gasteiger partial charge in [0.25, 0.3) is 0 Å². The fourth-order valence-electron chi connectivity index (χ4n) is 3.09. The Morgan fingerprint density at radius 1 is 1.30 bits per heavy atom. The van der Waals surface area contributed by atoms with E-state index in [0.717, 1.165) is 18.4 Å². The van der Waals surface area contributed by atoms with Gasteiger partial charge in [-0.25, -0.2) is 0 Å². The topological polar surface area (TPSA) is 20.3 Å². The van der Waals surface area contributed by atoms with Crippen LogP contribution in [0.15, 0.2) is 24.3 Å². The third-order valence-electron chi connectivity index (χ3n) is 4.10. The summed E-state index contributed by atoms with van der Waals surface area (Å²) in [6.07, 6.45) is 6.54. The van der Waals surface area contributed by atoms with Gasteiger partial charge in [0, 0.05) is 18.5 Å².